The van der Waals surface area contributed by atoms with E-state index in [9.17, 15) is 4.79 Å². The fourth-order valence-electron chi connectivity index (χ4n) is 2.96. The van der Waals surface area contributed by atoms with Gasteiger partial charge >= 0.3 is 6.03 Å². The molecule has 1 N–H and O–H groups in total. The van der Waals surface area contributed by atoms with Crippen LogP contribution in [0, 0.1) is 6.92 Å². The van der Waals surface area contributed by atoms with Gasteiger partial charge in [-0.25, -0.2) is 4.79 Å². The molecule has 0 saturated carbocycles. The molecule has 2 aromatic carbocycles. The topological polar surface area (TPSA) is 32.3 Å². The van der Waals surface area contributed by atoms with Gasteiger partial charge in [-0.15, -0.1) is 0 Å². The van der Waals surface area contributed by atoms with Gasteiger partial charge in [-0.3, -0.25) is 0 Å². The molecule has 1 aliphatic heterocycles. The molecular formula is C18H19ClN2O. The molecule has 0 aliphatic carbocycles. The minimum atomic E-state index is -0.0497. The predicted octanol–water partition coefficient (Wildman–Crippen LogP) is 5.02. The first-order valence-corrected chi connectivity index (χ1v) is 7.91. The average molecular weight is 315 g/mol. The highest BCUT2D eigenvalue weighted by atomic mass is 35.5. The molecule has 4 heteroatoms. The number of carbonyl (C=O) groups excluding carboxylic acids is 1. The van der Waals surface area contributed by atoms with Crippen molar-refractivity contribution in [3.05, 3.63) is 64.7 Å². The van der Waals surface area contributed by atoms with Crippen LogP contribution in [-0.2, 0) is 0 Å². The SMILES string of the molecule is Cc1cccc([C@H]2CCCN2C(=O)Nc2ccc(Cl)cc2)c1. The lowest BCUT2D eigenvalue weighted by Crippen LogP contribution is -2.34. The van der Waals surface area contributed by atoms with E-state index < -0.39 is 0 Å². The van der Waals surface area contributed by atoms with E-state index in [1.54, 1.807) is 12.1 Å². The number of amides is 2. The van der Waals surface area contributed by atoms with Gasteiger partial charge in [0.1, 0.15) is 0 Å². The molecule has 1 atom stereocenters. The summed E-state index contributed by atoms with van der Waals surface area (Å²) in [4.78, 5) is 14.5. The highest BCUT2D eigenvalue weighted by Gasteiger charge is 2.29. The Hall–Kier alpha value is -2.00. The number of rotatable bonds is 2. The number of anilines is 1. The summed E-state index contributed by atoms with van der Waals surface area (Å²) in [6.07, 6.45) is 2.05. The zero-order chi connectivity index (χ0) is 15.5. The smallest absolute Gasteiger partial charge is 0.317 e. The van der Waals surface area contributed by atoms with Crippen molar-refractivity contribution in [1.29, 1.82) is 0 Å². The summed E-state index contributed by atoms with van der Waals surface area (Å²) in [7, 11) is 0. The van der Waals surface area contributed by atoms with E-state index in [1.165, 1.54) is 11.1 Å². The number of urea groups is 1. The lowest BCUT2D eigenvalue weighted by Gasteiger charge is -2.25. The van der Waals surface area contributed by atoms with Gasteiger partial charge in [0.25, 0.3) is 0 Å². The number of carbonyl (C=O) groups is 1. The molecule has 0 bridgehead atoms. The van der Waals surface area contributed by atoms with Gasteiger partial charge in [-0.05, 0) is 49.6 Å². The summed E-state index contributed by atoms with van der Waals surface area (Å²) in [5.41, 5.74) is 3.20. The minimum Gasteiger partial charge on any atom is -0.317 e. The summed E-state index contributed by atoms with van der Waals surface area (Å²) in [6.45, 7) is 2.87. The second-order valence-electron chi connectivity index (χ2n) is 5.70. The normalized spacial score (nSPS) is 17.5. The first kappa shape index (κ1) is 14.9. The number of likely N-dealkylation sites (tertiary alicyclic amines) is 1. The van der Waals surface area contributed by atoms with Gasteiger partial charge < -0.3 is 10.2 Å². The Bertz CT molecular complexity index is 669. The molecular weight excluding hydrogens is 296 g/mol. The van der Waals surface area contributed by atoms with E-state index in [-0.39, 0.29) is 12.1 Å². The van der Waals surface area contributed by atoms with Crippen molar-refractivity contribution in [3.63, 3.8) is 0 Å². The van der Waals surface area contributed by atoms with Gasteiger partial charge in [0.15, 0.2) is 0 Å². The Morgan fingerprint density at radius 2 is 2.00 bits per heavy atom. The second-order valence-corrected chi connectivity index (χ2v) is 6.14. The molecule has 114 valence electrons. The maximum atomic E-state index is 12.6. The highest BCUT2D eigenvalue weighted by molar-refractivity contribution is 6.30. The number of nitrogens with zero attached hydrogens (tertiary/aromatic N) is 1. The van der Waals surface area contributed by atoms with Gasteiger partial charge in [0.05, 0.1) is 6.04 Å². The van der Waals surface area contributed by atoms with E-state index >= 15 is 0 Å². The van der Waals surface area contributed by atoms with Crippen molar-refractivity contribution < 1.29 is 4.79 Å². The maximum absolute atomic E-state index is 12.6. The molecule has 1 saturated heterocycles. The first-order chi connectivity index (χ1) is 10.6. The molecule has 1 heterocycles. The zero-order valence-electron chi connectivity index (χ0n) is 12.6. The van der Waals surface area contributed by atoms with Crippen LogP contribution in [0.1, 0.15) is 30.0 Å². The van der Waals surface area contributed by atoms with Crippen LogP contribution >= 0.6 is 11.6 Å². The lowest BCUT2D eigenvalue weighted by molar-refractivity contribution is 0.207. The Morgan fingerprint density at radius 3 is 2.73 bits per heavy atom. The average Bonchev–Trinajstić information content (AvgIpc) is 2.99. The Morgan fingerprint density at radius 1 is 1.23 bits per heavy atom. The molecule has 1 fully saturated rings. The predicted molar refractivity (Wildman–Crippen MR) is 90.3 cm³/mol. The van der Waals surface area contributed by atoms with Gasteiger partial charge in [-0.2, -0.15) is 0 Å². The van der Waals surface area contributed by atoms with Crippen LogP contribution in [0.4, 0.5) is 10.5 Å². The number of nitrogens with one attached hydrogen (secondary N) is 1. The monoisotopic (exact) mass is 314 g/mol. The van der Waals surface area contributed by atoms with Crippen LogP contribution in [0.25, 0.3) is 0 Å². The molecule has 0 spiro atoms. The molecule has 2 amide bonds. The van der Waals surface area contributed by atoms with Crippen LogP contribution < -0.4 is 5.32 Å². The van der Waals surface area contributed by atoms with Crippen molar-refractivity contribution in [2.45, 2.75) is 25.8 Å². The Labute approximate surface area is 135 Å². The van der Waals surface area contributed by atoms with Crippen LogP contribution in [0.15, 0.2) is 48.5 Å². The molecule has 2 aromatic rings. The molecule has 22 heavy (non-hydrogen) atoms. The summed E-state index contributed by atoms with van der Waals surface area (Å²) in [5, 5.41) is 3.62. The number of hydrogen-bond donors (Lipinski definition) is 1. The summed E-state index contributed by atoms with van der Waals surface area (Å²) in [5.74, 6) is 0. The number of halogens is 1. The largest absolute Gasteiger partial charge is 0.322 e. The number of benzene rings is 2. The fraction of sp³-hybridized carbons (Fsp3) is 0.278. The lowest BCUT2D eigenvalue weighted by atomic mass is 10.0. The van der Waals surface area contributed by atoms with Crippen molar-refractivity contribution in [3.8, 4) is 0 Å². The molecule has 0 unspecified atom stereocenters. The van der Waals surface area contributed by atoms with E-state index in [1.807, 2.05) is 17.0 Å². The third kappa shape index (κ3) is 3.25. The van der Waals surface area contributed by atoms with E-state index in [0.717, 1.165) is 25.1 Å². The number of hydrogen-bond acceptors (Lipinski definition) is 1. The van der Waals surface area contributed by atoms with Crippen molar-refractivity contribution in [2.75, 3.05) is 11.9 Å². The van der Waals surface area contributed by atoms with Crippen molar-refractivity contribution in [1.82, 2.24) is 4.90 Å². The minimum absolute atomic E-state index is 0.0497. The standard InChI is InChI=1S/C18H19ClN2O/c1-13-4-2-5-14(12-13)17-6-3-11-21(17)18(22)20-16-9-7-15(19)8-10-16/h2,4-5,7-10,12,17H,3,6,11H2,1H3,(H,20,22)/t17-/m1/s1. The van der Waals surface area contributed by atoms with E-state index in [4.69, 9.17) is 11.6 Å². The molecule has 3 nitrogen and oxygen atoms in total. The van der Waals surface area contributed by atoms with Gasteiger partial charge in [-0.1, -0.05) is 41.4 Å². The third-order valence-electron chi connectivity index (χ3n) is 4.04. The summed E-state index contributed by atoms with van der Waals surface area (Å²) < 4.78 is 0. The van der Waals surface area contributed by atoms with Crippen molar-refractivity contribution in [2.24, 2.45) is 0 Å². The summed E-state index contributed by atoms with van der Waals surface area (Å²) in [6, 6.07) is 15.7. The number of aryl methyl sites for hydroxylation is 1. The highest BCUT2D eigenvalue weighted by Crippen LogP contribution is 2.32. The molecule has 0 radical (unpaired) electrons. The Kier molecular flexibility index (Phi) is 4.34. The van der Waals surface area contributed by atoms with E-state index in [2.05, 4.69) is 36.5 Å². The fourth-order valence-corrected chi connectivity index (χ4v) is 3.09. The van der Waals surface area contributed by atoms with Gasteiger partial charge in [0, 0.05) is 17.3 Å². The zero-order valence-corrected chi connectivity index (χ0v) is 13.3. The van der Waals surface area contributed by atoms with E-state index in [0.29, 0.717) is 5.02 Å². The van der Waals surface area contributed by atoms with Crippen LogP contribution in [-0.4, -0.2) is 17.5 Å². The molecule has 3 rings (SSSR count). The molecule has 0 aromatic heterocycles. The van der Waals surface area contributed by atoms with Gasteiger partial charge in [0.2, 0.25) is 0 Å². The van der Waals surface area contributed by atoms with Crippen LogP contribution in [0.2, 0.25) is 5.02 Å². The third-order valence-corrected chi connectivity index (χ3v) is 4.29. The second kappa shape index (κ2) is 6.41. The van der Waals surface area contributed by atoms with Crippen LogP contribution in [0.3, 0.4) is 0 Å². The first-order valence-electron chi connectivity index (χ1n) is 7.53. The quantitative estimate of drug-likeness (QED) is 0.829. The summed E-state index contributed by atoms with van der Waals surface area (Å²) >= 11 is 5.87. The van der Waals surface area contributed by atoms with Crippen LogP contribution in [0.5, 0.6) is 0 Å². The molecule has 1 aliphatic rings. The maximum Gasteiger partial charge on any atom is 0.322 e. The Balaban J connectivity index is 1.75. The van der Waals surface area contributed by atoms with Crippen molar-refractivity contribution >= 4 is 23.3 Å².